The Morgan fingerprint density at radius 3 is 2.60 bits per heavy atom. The first-order valence-corrected chi connectivity index (χ1v) is 3.13. The van der Waals surface area contributed by atoms with Gasteiger partial charge in [0.05, 0.1) is 10.7 Å². The highest BCUT2D eigenvalue weighted by atomic mass is 35.5. The van der Waals surface area contributed by atoms with E-state index in [0.29, 0.717) is 16.4 Å². The average Bonchev–Trinajstić information content (AvgIpc) is 1.88. The first-order chi connectivity index (χ1) is 4.74. The van der Waals surface area contributed by atoms with E-state index < -0.39 is 0 Å². The normalized spacial score (nSPS) is 9.40. The smallest absolute Gasteiger partial charge is 0.0673 e. The predicted molar refractivity (Wildman–Crippen MR) is 43.7 cm³/mol. The van der Waals surface area contributed by atoms with Crippen molar-refractivity contribution in [3.63, 3.8) is 0 Å². The van der Waals surface area contributed by atoms with Crippen LogP contribution in [0.5, 0.6) is 0 Å². The van der Waals surface area contributed by atoms with Crippen molar-refractivity contribution >= 4 is 23.0 Å². The summed E-state index contributed by atoms with van der Waals surface area (Å²) in [4.78, 5) is 0. The predicted octanol–water partition coefficient (Wildman–Crippen LogP) is 1.21. The summed E-state index contributed by atoms with van der Waals surface area (Å²) in [6.07, 6.45) is 0. The van der Waals surface area contributed by atoms with E-state index in [0.717, 1.165) is 0 Å². The molecule has 0 unspecified atom stereocenters. The number of benzene rings is 1. The molecule has 0 saturated heterocycles. The number of halogens is 1. The fourth-order valence-corrected chi connectivity index (χ4v) is 0.892. The topological polar surface area (TPSA) is 64.1 Å². The standard InChI is InChI=1S/C6H8ClN3/c7-5-3-4(8)1-2-6(5)10-9/h1-3,10H,8-9H2. The Hall–Kier alpha value is -0.930. The molecule has 0 bridgehead atoms. The van der Waals surface area contributed by atoms with E-state index in [2.05, 4.69) is 5.43 Å². The molecule has 0 aliphatic heterocycles. The minimum absolute atomic E-state index is 0.530. The summed E-state index contributed by atoms with van der Waals surface area (Å²) in [7, 11) is 0. The van der Waals surface area contributed by atoms with Crippen molar-refractivity contribution in [3.8, 4) is 0 Å². The molecule has 0 saturated carbocycles. The van der Waals surface area contributed by atoms with Crippen molar-refractivity contribution in [1.82, 2.24) is 0 Å². The van der Waals surface area contributed by atoms with E-state index in [-0.39, 0.29) is 0 Å². The van der Waals surface area contributed by atoms with E-state index in [9.17, 15) is 0 Å². The summed E-state index contributed by atoms with van der Waals surface area (Å²) in [6.45, 7) is 0. The molecule has 0 aliphatic rings. The molecule has 0 spiro atoms. The van der Waals surface area contributed by atoms with Gasteiger partial charge in [0.1, 0.15) is 0 Å². The fourth-order valence-electron chi connectivity index (χ4n) is 0.648. The van der Waals surface area contributed by atoms with Gasteiger partial charge in [-0.2, -0.15) is 0 Å². The second kappa shape index (κ2) is 2.77. The molecular weight excluding hydrogens is 150 g/mol. The van der Waals surface area contributed by atoms with Crippen LogP contribution in [0.25, 0.3) is 0 Å². The quantitative estimate of drug-likeness (QED) is 0.326. The Balaban J connectivity index is 3.07. The molecule has 0 atom stereocenters. The van der Waals surface area contributed by atoms with Gasteiger partial charge in [-0.15, -0.1) is 0 Å². The average molecular weight is 158 g/mol. The lowest BCUT2D eigenvalue weighted by atomic mass is 10.3. The van der Waals surface area contributed by atoms with E-state index in [1.165, 1.54) is 0 Å². The van der Waals surface area contributed by atoms with Crippen molar-refractivity contribution in [2.75, 3.05) is 11.2 Å². The highest BCUT2D eigenvalue weighted by Crippen LogP contribution is 2.22. The monoisotopic (exact) mass is 157 g/mol. The number of anilines is 2. The first-order valence-electron chi connectivity index (χ1n) is 2.75. The van der Waals surface area contributed by atoms with Gasteiger partial charge in [-0.3, -0.25) is 5.84 Å². The maximum Gasteiger partial charge on any atom is 0.0673 e. The van der Waals surface area contributed by atoms with Crippen molar-refractivity contribution < 1.29 is 0 Å². The largest absolute Gasteiger partial charge is 0.399 e. The van der Waals surface area contributed by atoms with E-state index in [1.807, 2.05) is 0 Å². The Morgan fingerprint density at radius 1 is 1.40 bits per heavy atom. The molecule has 0 heterocycles. The lowest BCUT2D eigenvalue weighted by Gasteiger charge is -2.02. The van der Waals surface area contributed by atoms with Gasteiger partial charge in [0.25, 0.3) is 0 Å². The molecule has 1 aromatic rings. The third-order valence-corrected chi connectivity index (χ3v) is 1.46. The minimum atomic E-state index is 0.530. The minimum Gasteiger partial charge on any atom is -0.399 e. The lowest BCUT2D eigenvalue weighted by Crippen LogP contribution is -2.07. The molecular formula is C6H8ClN3. The van der Waals surface area contributed by atoms with E-state index >= 15 is 0 Å². The molecule has 3 nitrogen and oxygen atoms in total. The van der Waals surface area contributed by atoms with Crippen LogP contribution in [0.4, 0.5) is 11.4 Å². The molecule has 4 heteroatoms. The molecule has 0 aromatic heterocycles. The summed E-state index contributed by atoms with van der Waals surface area (Å²) >= 11 is 5.71. The van der Waals surface area contributed by atoms with Crippen LogP contribution in [0.15, 0.2) is 18.2 Å². The van der Waals surface area contributed by atoms with Gasteiger partial charge in [0.15, 0.2) is 0 Å². The second-order valence-corrected chi connectivity index (χ2v) is 2.29. The van der Waals surface area contributed by atoms with Crippen LogP contribution in [0.1, 0.15) is 0 Å². The zero-order valence-corrected chi connectivity index (χ0v) is 6.02. The van der Waals surface area contributed by atoms with Gasteiger partial charge in [-0.25, -0.2) is 0 Å². The van der Waals surface area contributed by atoms with Gasteiger partial charge in [-0.05, 0) is 18.2 Å². The second-order valence-electron chi connectivity index (χ2n) is 1.88. The SMILES string of the molecule is NNc1ccc(N)cc1Cl. The number of nitrogens with one attached hydrogen (secondary N) is 1. The van der Waals surface area contributed by atoms with Gasteiger partial charge in [0, 0.05) is 5.69 Å². The number of hydrogen-bond acceptors (Lipinski definition) is 3. The maximum atomic E-state index is 5.71. The van der Waals surface area contributed by atoms with Crippen molar-refractivity contribution in [2.45, 2.75) is 0 Å². The number of nitrogens with two attached hydrogens (primary N) is 2. The van der Waals surface area contributed by atoms with Crippen LogP contribution >= 0.6 is 11.6 Å². The summed E-state index contributed by atoms with van der Waals surface area (Å²) in [5, 5.41) is 0.530. The molecule has 0 aliphatic carbocycles. The van der Waals surface area contributed by atoms with Gasteiger partial charge >= 0.3 is 0 Å². The summed E-state index contributed by atoms with van der Waals surface area (Å²) in [6, 6.07) is 5.08. The zero-order chi connectivity index (χ0) is 7.56. The van der Waals surface area contributed by atoms with Crippen LogP contribution < -0.4 is 17.0 Å². The number of nitrogen functional groups attached to an aromatic ring is 2. The Bertz CT molecular complexity index is 236. The van der Waals surface area contributed by atoms with E-state index in [1.54, 1.807) is 18.2 Å². The number of hydrogen-bond donors (Lipinski definition) is 3. The molecule has 10 heavy (non-hydrogen) atoms. The molecule has 1 aromatic carbocycles. The molecule has 1 rings (SSSR count). The zero-order valence-electron chi connectivity index (χ0n) is 5.26. The Kier molecular flexibility index (Phi) is 1.99. The van der Waals surface area contributed by atoms with Crippen molar-refractivity contribution in [3.05, 3.63) is 23.2 Å². The molecule has 54 valence electrons. The highest BCUT2D eigenvalue weighted by Gasteiger charge is 1.95. The van der Waals surface area contributed by atoms with Crippen LogP contribution in [-0.2, 0) is 0 Å². The molecule has 0 radical (unpaired) electrons. The van der Waals surface area contributed by atoms with Crippen molar-refractivity contribution in [2.24, 2.45) is 5.84 Å². The third kappa shape index (κ3) is 1.32. The summed E-state index contributed by atoms with van der Waals surface area (Å²) in [5.74, 6) is 5.13. The molecule has 5 N–H and O–H groups in total. The van der Waals surface area contributed by atoms with Crippen LogP contribution in [0.3, 0.4) is 0 Å². The summed E-state index contributed by atoms with van der Waals surface area (Å²) < 4.78 is 0. The van der Waals surface area contributed by atoms with E-state index in [4.69, 9.17) is 23.2 Å². The van der Waals surface area contributed by atoms with Gasteiger partial charge in [0.2, 0.25) is 0 Å². The molecule has 0 fully saturated rings. The highest BCUT2D eigenvalue weighted by molar-refractivity contribution is 6.33. The first kappa shape index (κ1) is 7.18. The van der Waals surface area contributed by atoms with Gasteiger partial charge in [-0.1, -0.05) is 11.6 Å². The molecule has 0 amide bonds. The van der Waals surface area contributed by atoms with Crippen LogP contribution in [0, 0.1) is 0 Å². The Morgan fingerprint density at radius 2 is 2.10 bits per heavy atom. The maximum absolute atomic E-state index is 5.71. The summed E-state index contributed by atoms with van der Waals surface area (Å²) in [5.41, 5.74) is 9.17. The van der Waals surface area contributed by atoms with Crippen LogP contribution in [0.2, 0.25) is 5.02 Å². The number of hydrazine groups is 1. The Labute approximate surface area is 63.9 Å². The van der Waals surface area contributed by atoms with Crippen LogP contribution in [-0.4, -0.2) is 0 Å². The van der Waals surface area contributed by atoms with Gasteiger partial charge < -0.3 is 11.2 Å². The van der Waals surface area contributed by atoms with Crippen molar-refractivity contribution in [1.29, 1.82) is 0 Å². The fraction of sp³-hybridized carbons (Fsp3) is 0. The lowest BCUT2D eigenvalue weighted by molar-refractivity contribution is 1.35. The number of rotatable bonds is 1. The third-order valence-electron chi connectivity index (χ3n) is 1.15.